The summed E-state index contributed by atoms with van der Waals surface area (Å²) in [6.45, 7) is 5.84. The lowest BCUT2D eigenvalue weighted by atomic mass is 10.1. The van der Waals surface area contributed by atoms with Crippen molar-refractivity contribution in [3.63, 3.8) is 0 Å². The van der Waals surface area contributed by atoms with Crippen molar-refractivity contribution in [2.45, 2.75) is 30.2 Å². The summed E-state index contributed by atoms with van der Waals surface area (Å²) in [4.78, 5) is 0. The Kier molecular flexibility index (Phi) is 3.80. The van der Waals surface area contributed by atoms with E-state index >= 15 is 0 Å². The third-order valence-electron chi connectivity index (χ3n) is 1.61. The van der Waals surface area contributed by atoms with Gasteiger partial charge in [-0.25, -0.2) is 0 Å². The molecule has 0 spiro atoms. The van der Waals surface area contributed by atoms with Crippen LogP contribution in [0.4, 0.5) is 0 Å². The van der Waals surface area contributed by atoms with Crippen LogP contribution in [0, 0.1) is 0 Å². The largest absolute Gasteiger partial charge is 0.488 e. The van der Waals surface area contributed by atoms with Crippen LogP contribution >= 0.6 is 34.8 Å². The Hall–Kier alpha value is -0.110. The summed E-state index contributed by atoms with van der Waals surface area (Å²) in [5.74, 6) is 0.602. The van der Waals surface area contributed by atoms with Crippen molar-refractivity contribution in [1.29, 1.82) is 0 Å². The van der Waals surface area contributed by atoms with Crippen LogP contribution in [0.15, 0.2) is 24.3 Å². The van der Waals surface area contributed by atoms with Crippen LogP contribution in [0.25, 0.3) is 0 Å². The fourth-order valence-electron chi connectivity index (χ4n) is 1.12. The van der Waals surface area contributed by atoms with Crippen LogP contribution in [-0.2, 0) is 3.79 Å². The van der Waals surface area contributed by atoms with Gasteiger partial charge in [0.2, 0.25) is 3.79 Å². The van der Waals surface area contributed by atoms with Gasteiger partial charge in [0.05, 0.1) is 0 Å². The van der Waals surface area contributed by atoms with E-state index in [0.717, 1.165) is 0 Å². The van der Waals surface area contributed by atoms with Crippen molar-refractivity contribution in [2.75, 3.05) is 0 Å². The van der Waals surface area contributed by atoms with Crippen LogP contribution in [0.1, 0.15) is 26.3 Å². The fourth-order valence-corrected chi connectivity index (χ4v) is 1.59. The second-order valence-electron chi connectivity index (χ2n) is 4.21. The summed E-state index contributed by atoms with van der Waals surface area (Å²) >= 11 is 17.5. The average Bonchev–Trinajstić information content (AvgIpc) is 1.99. The zero-order chi connectivity index (χ0) is 11.7. The monoisotopic (exact) mass is 266 g/mol. The van der Waals surface area contributed by atoms with Gasteiger partial charge >= 0.3 is 0 Å². The first-order chi connectivity index (χ1) is 6.70. The summed E-state index contributed by atoms with van der Waals surface area (Å²) in [5, 5.41) is 0. The van der Waals surface area contributed by atoms with Crippen molar-refractivity contribution in [3.05, 3.63) is 29.8 Å². The number of ether oxygens (including phenoxy) is 1. The molecule has 84 valence electrons. The van der Waals surface area contributed by atoms with E-state index in [1.54, 1.807) is 12.1 Å². The summed E-state index contributed by atoms with van der Waals surface area (Å²) in [7, 11) is 0. The van der Waals surface area contributed by atoms with E-state index in [1.165, 1.54) is 0 Å². The average molecular weight is 268 g/mol. The maximum atomic E-state index is 5.84. The molecule has 1 rings (SSSR count). The van der Waals surface area contributed by atoms with Gasteiger partial charge in [0, 0.05) is 5.56 Å². The van der Waals surface area contributed by atoms with Gasteiger partial charge < -0.3 is 4.74 Å². The molecule has 0 aromatic heterocycles. The van der Waals surface area contributed by atoms with E-state index in [9.17, 15) is 0 Å². The number of alkyl halides is 3. The second kappa shape index (κ2) is 4.40. The van der Waals surface area contributed by atoms with E-state index in [1.807, 2.05) is 32.9 Å². The Labute approximate surface area is 105 Å². The Morgan fingerprint density at radius 1 is 1.00 bits per heavy atom. The van der Waals surface area contributed by atoms with E-state index in [4.69, 9.17) is 39.5 Å². The number of rotatable bonds is 1. The molecule has 0 saturated carbocycles. The van der Waals surface area contributed by atoms with Crippen LogP contribution in [0.3, 0.4) is 0 Å². The van der Waals surface area contributed by atoms with E-state index in [2.05, 4.69) is 0 Å². The maximum absolute atomic E-state index is 5.84. The SMILES string of the molecule is CC(C)(C)Oc1ccccc1C(Cl)(Cl)Cl. The minimum Gasteiger partial charge on any atom is -0.488 e. The number of hydrogen-bond donors (Lipinski definition) is 0. The van der Waals surface area contributed by atoms with Gasteiger partial charge in [0.1, 0.15) is 11.4 Å². The normalized spacial score (nSPS) is 12.7. The molecule has 0 aliphatic carbocycles. The molecule has 0 N–H and O–H groups in total. The zero-order valence-corrected chi connectivity index (χ0v) is 11.1. The molecule has 1 aromatic carbocycles. The molecule has 1 nitrogen and oxygen atoms in total. The lowest BCUT2D eigenvalue weighted by Gasteiger charge is -2.25. The fraction of sp³-hybridized carbons (Fsp3) is 0.455. The molecule has 15 heavy (non-hydrogen) atoms. The Balaban J connectivity index is 3.08. The van der Waals surface area contributed by atoms with Crippen molar-refractivity contribution in [2.24, 2.45) is 0 Å². The molecule has 0 unspecified atom stereocenters. The van der Waals surface area contributed by atoms with Gasteiger partial charge in [-0.05, 0) is 26.8 Å². The highest BCUT2D eigenvalue weighted by Gasteiger charge is 2.28. The molecular formula is C11H13Cl3O. The highest BCUT2D eigenvalue weighted by atomic mass is 35.6. The van der Waals surface area contributed by atoms with Gasteiger partial charge in [-0.3, -0.25) is 0 Å². The van der Waals surface area contributed by atoms with Crippen LogP contribution in [0.5, 0.6) is 5.75 Å². The van der Waals surface area contributed by atoms with Crippen molar-refractivity contribution in [3.8, 4) is 5.75 Å². The molecule has 0 aliphatic rings. The first-order valence-electron chi connectivity index (χ1n) is 4.55. The van der Waals surface area contributed by atoms with Gasteiger partial charge in [-0.1, -0.05) is 53.0 Å². The molecule has 4 heteroatoms. The van der Waals surface area contributed by atoms with Crippen molar-refractivity contribution >= 4 is 34.8 Å². The van der Waals surface area contributed by atoms with Crippen LogP contribution < -0.4 is 4.74 Å². The van der Waals surface area contributed by atoms with E-state index in [-0.39, 0.29) is 5.60 Å². The summed E-state index contributed by atoms with van der Waals surface area (Å²) < 4.78 is 4.25. The van der Waals surface area contributed by atoms with Gasteiger partial charge in [-0.2, -0.15) is 0 Å². The molecule has 0 radical (unpaired) electrons. The third-order valence-corrected chi connectivity index (χ3v) is 2.22. The molecule has 0 bridgehead atoms. The first kappa shape index (κ1) is 13.0. The minimum absolute atomic E-state index is 0.313. The quantitative estimate of drug-likeness (QED) is 0.671. The standard InChI is InChI=1S/C11H13Cl3O/c1-10(2,3)15-9-7-5-4-6-8(9)11(12,13)14/h4-7H,1-3H3. The molecule has 0 heterocycles. The Morgan fingerprint density at radius 2 is 1.53 bits per heavy atom. The predicted molar refractivity (Wildman–Crippen MR) is 66.1 cm³/mol. The topological polar surface area (TPSA) is 9.23 Å². The first-order valence-corrected chi connectivity index (χ1v) is 5.69. The number of hydrogen-bond acceptors (Lipinski definition) is 1. The molecule has 1 aromatic rings. The predicted octanol–water partition coefficient (Wildman–Crippen LogP) is 4.69. The van der Waals surface area contributed by atoms with E-state index < -0.39 is 3.79 Å². The maximum Gasteiger partial charge on any atom is 0.219 e. The lowest BCUT2D eigenvalue weighted by Crippen LogP contribution is -2.24. The van der Waals surface area contributed by atoms with Crippen LogP contribution in [0.2, 0.25) is 0 Å². The van der Waals surface area contributed by atoms with Crippen LogP contribution in [-0.4, -0.2) is 5.60 Å². The van der Waals surface area contributed by atoms with Crippen molar-refractivity contribution < 1.29 is 4.74 Å². The highest BCUT2D eigenvalue weighted by Crippen LogP contribution is 2.43. The third kappa shape index (κ3) is 4.10. The number of para-hydroxylation sites is 1. The smallest absolute Gasteiger partial charge is 0.219 e. The molecule has 0 fully saturated rings. The number of halogens is 3. The van der Waals surface area contributed by atoms with Gasteiger partial charge in [0.15, 0.2) is 0 Å². The highest BCUT2D eigenvalue weighted by molar-refractivity contribution is 6.66. The molecule has 0 saturated heterocycles. The van der Waals surface area contributed by atoms with Gasteiger partial charge in [0.25, 0.3) is 0 Å². The number of benzene rings is 1. The van der Waals surface area contributed by atoms with Gasteiger partial charge in [-0.15, -0.1) is 0 Å². The lowest BCUT2D eigenvalue weighted by molar-refractivity contribution is 0.129. The Morgan fingerprint density at radius 3 is 2.00 bits per heavy atom. The summed E-state index contributed by atoms with van der Waals surface area (Å²) in [5.41, 5.74) is 0.247. The summed E-state index contributed by atoms with van der Waals surface area (Å²) in [6, 6.07) is 7.20. The molecule has 0 atom stereocenters. The molecular weight excluding hydrogens is 254 g/mol. The zero-order valence-electron chi connectivity index (χ0n) is 8.85. The van der Waals surface area contributed by atoms with Crippen molar-refractivity contribution in [1.82, 2.24) is 0 Å². The minimum atomic E-state index is -1.46. The molecule has 0 aliphatic heterocycles. The summed E-state index contributed by atoms with van der Waals surface area (Å²) in [6.07, 6.45) is 0. The molecule has 0 amide bonds. The second-order valence-corrected chi connectivity index (χ2v) is 6.49. The Bertz CT molecular complexity index is 336. The van der Waals surface area contributed by atoms with E-state index in [0.29, 0.717) is 11.3 Å².